The summed E-state index contributed by atoms with van der Waals surface area (Å²) in [5.41, 5.74) is 4.39. The number of benzene rings is 1. The van der Waals surface area contributed by atoms with Crippen LogP contribution in [0.25, 0.3) is 0 Å². The van der Waals surface area contributed by atoms with Gasteiger partial charge in [0, 0.05) is 13.6 Å². The Morgan fingerprint density at radius 1 is 1.29 bits per heavy atom. The van der Waals surface area contributed by atoms with E-state index >= 15 is 0 Å². The number of aryl methyl sites for hydroxylation is 2. The summed E-state index contributed by atoms with van der Waals surface area (Å²) in [7, 11) is 2.02. The molecule has 1 fully saturated rings. The topological polar surface area (TPSA) is 37.2 Å². The average Bonchev–Trinajstić information content (AvgIpc) is 3.28. The fraction of sp³-hybridized carbons (Fsp3) is 0.529. The van der Waals surface area contributed by atoms with Crippen molar-refractivity contribution in [2.24, 2.45) is 16.1 Å². The van der Waals surface area contributed by atoms with Crippen molar-refractivity contribution in [2.45, 2.75) is 33.6 Å². The van der Waals surface area contributed by atoms with Gasteiger partial charge in [0.05, 0.1) is 18.2 Å². The van der Waals surface area contributed by atoms with Crippen LogP contribution in [0, 0.1) is 19.8 Å². The predicted molar refractivity (Wildman–Crippen MR) is 88.6 cm³/mol. The lowest BCUT2D eigenvalue weighted by atomic mass is 10.0. The molecule has 0 amide bonds. The summed E-state index contributed by atoms with van der Waals surface area (Å²) in [4.78, 5) is 11.9. The first-order chi connectivity index (χ1) is 10.1. The summed E-state index contributed by atoms with van der Waals surface area (Å²) in [5, 5.41) is 4.07. The van der Waals surface area contributed by atoms with Gasteiger partial charge >= 0.3 is 0 Å². The van der Waals surface area contributed by atoms with Crippen LogP contribution >= 0.6 is 0 Å². The second kappa shape index (κ2) is 7.25. The maximum absolute atomic E-state index is 5.31. The van der Waals surface area contributed by atoms with E-state index in [0.717, 1.165) is 41.4 Å². The van der Waals surface area contributed by atoms with Crippen LogP contribution in [0.15, 0.2) is 22.3 Å². The van der Waals surface area contributed by atoms with Gasteiger partial charge in [-0.2, -0.15) is 0 Å². The van der Waals surface area contributed by atoms with E-state index < -0.39 is 0 Å². The Balaban J connectivity index is 2.02. The monoisotopic (exact) mass is 287 g/mol. The summed E-state index contributed by atoms with van der Waals surface area (Å²) < 4.78 is 0. The van der Waals surface area contributed by atoms with Crippen molar-refractivity contribution in [2.75, 3.05) is 20.2 Å². The number of aliphatic imine (C=N–C) groups is 1. The van der Waals surface area contributed by atoms with Crippen LogP contribution in [0.3, 0.4) is 0 Å². The molecule has 0 aliphatic heterocycles. The summed E-state index contributed by atoms with van der Waals surface area (Å²) in [6.07, 6.45) is 6.24. The third-order valence-electron chi connectivity index (χ3n) is 3.75. The zero-order chi connectivity index (χ0) is 15.2. The highest BCUT2D eigenvalue weighted by atomic mass is 16.6. The van der Waals surface area contributed by atoms with Gasteiger partial charge in [0.1, 0.15) is 6.61 Å². The molecule has 0 aromatic heterocycles. The highest BCUT2D eigenvalue weighted by molar-refractivity contribution is 5.83. The van der Waals surface area contributed by atoms with E-state index in [1.165, 1.54) is 12.8 Å². The highest BCUT2D eigenvalue weighted by Gasteiger charge is 2.21. The molecule has 114 valence electrons. The van der Waals surface area contributed by atoms with Gasteiger partial charge in [-0.15, -0.1) is 0 Å². The summed E-state index contributed by atoms with van der Waals surface area (Å²) in [6.45, 7) is 7.95. The van der Waals surface area contributed by atoms with Crippen LogP contribution in [-0.2, 0) is 4.84 Å². The fourth-order valence-corrected chi connectivity index (χ4v) is 1.87. The first kappa shape index (κ1) is 15.5. The SMILES string of the molecule is CCN(C)/C=N\c1cc(C)c(/C=N/OCC2CC2)cc1C. The zero-order valence-corrected chi connectivity index (χ0v) is 13.5. The normalized spacial score (nSPS) is 15.0. The number of oxime groups is 1. The smallest absolute Gasteiger partial charge is 0.120 e. The minimum absolute atomic E-state index is 0.734. The quantitative estimate of drug-likeness (QED) is 0.436. The van der Waals surface area contributed by atoms with Crippen molar-refractivity contribution in [3.05, 3.63) is 28.8 Å². The second-order valence-electron chi connectivity index (χ2n) is 5.79. The van der Waals surface area contributed by atoms with E-state index in [4.69, 9.17) is 4.84 Å². The van der Waals surface area contributed by atoms with Crippen molar-refractivity contribution in [1.82, 2.24) is 4.90 Å². The molecule has 0 spiro atoms. The van der Waals surface area contributed by atoms with Crippen LogP contribution in [0.5, 0.6) is 0 Å². The molecule has 0 unspecified atom stereocenters. The molecule has 1 aliphatic carbocycles. The largest absolute Gasteiger partial charge is 0.396 e. The molecule has 0 atom stereocenters. The van der Waals surface area contributed by atoms with Gasteiger partial charge in [0.2, 0.25) is 0 Å². The molecule has 4 nitrogen and oxygen atoms in total. The van der Waals surface area contributed by atoms with Gasteiger partial charge in [-0.3, -0.25) is 0 Å². The third-order valence-corrected chi connectivity index (χ3v) is 3.75. The zero-order valence-electron chi connectivity index (χ0n) is 13.5. The van der Waals surface area contributed by atoms with Crippen molar-refractivity contribution in [3.8, 4) is 0 Å². The van der Waals surface area contributed by atoms with Gasteiger partial charge in [0.15, 0.2) is 0 Å². The Bertz CT molecular complexity index is 533. The average molecular weight is 287 g/mol. The standard InChI is InChI=1S/C17H25N3O/c1-5-20(4)12-18-17-9-13(2)16(8-14(17)3)10-19-21-11-15-6-7-15/h8-10,12,15H,5-7,11H2,1-4H3/b18-12-,19-10+. The van der Waals surface area contributed by atoms with E-state index in [9.17, 15) is 0 Å². The highest BCUT2D eigenvalue weighted by Crippen LogP contribution is 2.28. The van der Waals surface area contributed by atoms with E-state index in [1.54, 1.807) is 6.21 Å². The van der Waals surface area contributed by atoms with Crippen molar-refractivity contribution < 1.29 is 4.84 Å². The Morgan fingerprint density at radius 3 is 2.71 bits per heavy atom. The first-order valence-corrected chi connectivity index (χ1v) is 7.61. The van der Waals surface area contributed by atoms with E-state index in [2.05, 4.69) is 48.0 Å². The molecule has 1 aromatic rings. The molecule has 21 heavy (non-hydrogen) atoms. The molecular formula is C17H25N3O. The maximum atomic E-state index is 5.31. The van der Waals surface area contributed by atoms with Crippen molar-refractivity contribution >= 4 is 18.2 Å². The molecule has 0 radical (unpaired) electrons. The maximum Gasteiger partial charge on any atom is 0.120 e. The van der Waals surface area contributed by atoms with Gasteiger partial charge in [-0.1, -0.05) is 5.16 Å². The van der Waals surface area contributed by atoms with Crippen molar-refractivity contribution in [1.29, 1.82) is 0 Å². The molecule has 1 aliphatic rings. The molecule has 2 rings (SSSR count). The molecular weight excluding hydrogens is 262 g/mol. The van der Waals surface area contributed by atoms with Crippen LogP contribution < -0.4 is 0 Å². The lowest BCUT2D eigenvalue weighted by molar-refractivity contribution is 0.135. The molecule has 4 heteroatoms. The number of rotatable bonds is 7. The summed E-state index contributed by atoms with van der Waals surface area (Å²) in [5.74, 6) is 0.734. The van der Waals surface area contributed by atoms with Gasteiger partial charge in [0.25, 0.3) is 0 Å². The summed E-state index contributed by atoms with van der Waals surface area (Å²) >= 11 is 0. The van der Waals surface area contributed by atoms with Gasteiger partial charge < -0.3 is 9.74 Å². The number of hydrogen-bond acceptors (Lipinski definition) is 3. The molecule has 0 bridgehead atoms. The third kappa shape index (κ3) is 4.88. The Kier molecular flexibility index (Phi) is 5.37. The molecule has 1 saturated carbocycles. The van der Waals surface area contributed by atoms with Crippen LogP contribution in [0.4, 0.5) is 5.69 Å². The van der Waals surface area contributed by atoms with Gasteiger partial charge in [-0.25, -0.2) is 4.99 Å². The van der Waals surface area contributed by atoms with E-state index in [0.29, 0.717) is 0 Å². The Morgan fingerprint density at radius 2 is 2.05 bits per heavy atom. The summed E-state index contributed by atoms with van der Waals surface area (Å²) in [6, 6.07) is 4.20. The molecule has 0 N–H and O–H groups in total. The first-order valence-electron chi connectivity index (χ1n) is 7.61. The molecule has 1 aromatic carbocycles. The Hall–Kier alpha value is -1.84. The fourth-order valence-electron chi connectivity index (χ4n) is 1.87. The molecule has 0 heterocycles. The minimum atomic E-state index is 0.734. The number of nitrogens with zero attached hydrogens (tertiary/aromatic N) is 3. The Labute approximate surface area is 127 Å². The van der Waals surface area contributed by atoms with Crippen LogP contribution in [0.1, 0.15) is 36.5 Å². The van der Waals surface area contributed by atoms with Crippen molar-refractivity contribution in [3.63, 3.8) is 0 Å². The van der Waals surface area contributed by atoms with Gasteiger partial charge in [-0.05, 0) is 68.4 Å². The lowest BCUT2D eigenvalue weighted by Gasteiger charge is -2.10. The predicted octanol–water partition coefficient (Wildman–Crippen LogP) is 3.68. The van der Waals surface area contributed by atoms with Crippen LogP contribution in [-0.4, -0.2) is 37.7 Å². The van der Waals surface area contributed by atoms with E-state index in [1.807, 2.05) is 13.4 Å². The number of hydrogen-bond donors (Lipinski definition) is 0. The van der Waals surface area contributed by atoms with E-state index in [-0.39, 0.29) is 0 Å². The minimum Gasteiger partial charge on any atom is -0.396 e. The second-order valence-corrected chi connectivity index (χ2v) is 5.79. The lowest BCUT2D eigenvalue weighted by Crippen LogP contribution is -2.14. The van der Waals surface area contributed by atoms with Crippen LogP contribution in [0.2, 0.25) is 0 Å². The molecule has 0 saturated heterocycles.